The predicted molar refractivity (Wildman–Crippen MR) is 502 cm³/mol. The van der Waals surface area contributed by atoms with Crippen LogP contribution in [0.4, 0.5) is 5.82 Å². The van der Waals surface area contributed by atoms with Crippen molar-refractivity contribution in [3.05, 3.63) is 293 Å². The Balaban J connectivity index is 0.000000148. The molecule has 0 aliphatic rings. The largest absolute Gasteiger partial charge is 0.388 e. The lowest BCUT2D eigenvalue weighted by atomic mass is 9.86. The van der Waals surface area contributed by atoms with Gasteiger partial charge in [0.1, 0.15) is 5.69 Å². The van der Waals surface area contributed by atoms with Gasteiger partial charge in [-0.2, -0.15) is 0 Å². The molecule has 15 rings (SSSR count). The topological polar surface area (TPSA) is 384 Å². The average Bonchev–Trinajstić information content (AvgIpc) is 0.812. The molecule has 0 bridgehead atoms. The third-order valence-electron chi connectivity index (χ3n) is 20.1. The van der Waals surface area contributed by atoms with Crippen LogP contribution in [0, 0.1) is 12.3 Å². The number of para-hydroxylation sites is 5. The zero-order valence-corrected chi connectivity index (χ0v) is 71.9. The van der Waals surface area contributed by atoms with Gasteiger partial charge in [0.15, 0.2) is 23.7 Å². The summed E-state index contributed by atoms with van der Waals surface area (Å²) in [4.78, 5) is 59.3. The minimum absolute atomic E-state index is 0.0685. The van der Waals surface area contributed by atoms with Gasteiger partial charge in [-0.25, -0.2) is 44.9 Å². The summed E-state index contributed by atoms with van der Waals surface area (Å²) < 4.78 is 0. The van der Waals surface area contributed by atoms with Crippen molar-refractivity contribution in [2.45, 2.75) is 157 Å². The van der Waals surface area contributed by atoms with Crippen LogP contribution in [0.15, 0.2) is 258 Å². The van der Waals surface area contributed by atoms with Gasteiger partial charge in [0.05, 0.1) is 128 Å². The second-order valence-electron chi connectivity index (χ2n) is 34.0. The first-order valence-corrected chi connectivity index (χ1v) is 40.6. The number of hydrogen-bond acceptors (Lipinski definition) is 15. The molecule has 0 amide bonds. The van der Waals surface area contributed by atoms with Crippen LogP contribution in [0.1, 0.15) is 153 Å². The fraction of sp³-hybridized carbons (Fsp3) is 0.253. The highest BCUT2D eigenvalue weighted by atomic mass is 15.0. The SMILES string of the molecule is CC(C)(C)c1ccc(-c2cnc3c(CN=C(N)N)cccc3n2)cc1.CC(C)(C)c1cccc(-c2cnc3c(CN=C(N)N)cccc3n2)c1.CC(C)(C)c1cccc(-c2cnc3cc(CCC(=N)N)ccc3n2)c1.CC(C)(C)c1cccc(-c2cnc3cccc(CN=C(N)N)c3n2)c1.CCCNc1nc2ccccc2nc1-c1cccc(C)c1. The van der Waals surface area contributed by atoms with E-state index in [0.717, 1.165) is 159 Å². The van der Waals surface area contributed by atoms with Crippen molar-refractivity contribution in [3.8, 4) is 56.3 Å². The summed E-state index contributed by atoms with van der Waals surface area (Å²) in [6, 6.07) is 73.9. The molecule has 10 aromatic carbocycles. The van der Waals surface area contributed by atoms with E-state index in [-0.39, 0.29) is 45.4 Å². The number of fused-ring (bicyclic) bond motifs is 5. The Labute approximate surface area is 709 Å². The number of hydrogen-bond donors (Lipinski definition) is 9. The van der Waals surface area contributed by atoms with Gasteiger partial charge in [0.2, 0.25) is 0 Å². The summed E-state index contributed by atoms with van der Waals surface area (Å²) in [5, 5.41) is 10.7. The molecule has 22 nitrogen and oxygen atoms in total. The molecule has 0 radical (unpaired) electrons. The molecule has 0 unspecified atom stereocenters. The molecule has 0 spiro atoms. The maximum absolute atomic E-state index is 7.34. The van der Waals surface area contributed by atoms with Gasteiger partial charge >= 0.3 is 0 Å². The fourth-order valence-corrected chi connectivity index (χ4v) is 13.2. The second kappa shape index (κ2) is 39.0. The Hall–Kier alpha value is -14.0. The van der Waals surface area contributed by atoms with Crippen LogP contribution < -0.4 is 45.5 Å². The molecular formula is C99H112N22. The number of nitrogens with one attached hydrogen (secondary N) is 2. The monoisotopic (exact) mass is 1610 g/mol. The third kappa shape index (κ3) is 24.1. The number of aliphatic imine (C=N–C) groups is 3. The van der Waals surface area contributed by atoms with Gasteiger partial charge in [0.25, 0.3) is 0 Å². The Morgan fingerprint density at radius 3 is 1.21 bits per heavy atom. The number of anilines is 1. The first-order chi connectivity index (χ1) is 57.6. The number of guanidine groups is 3. The van der Waals surface area contributed by atoms with E-state index in [9.17, 15) is 0 Å². The van der Waals surface area contributed by atoms with Crippen molar-refractivity contribution in [2.24, 2.45) is 55.1 Å². The molecule has 5 heterocycles. The summed E-state index contributed by atoms with van der Waals surface area (Å²) in [6.45, 7) is 32.8. The molecule has 5 aromatic heterocycles. The number of aromatic nitrogens is 10. The quantitative estimate of drug-likeness (QED) is 0.0302. The average molecular weight is 1610 g/mol. The van der Waals surface area contributed by atoms with Gasteiger partial charge in [-0.1, -0.05) is 247 Å². The molecule has 16 N–H and O–H groups in total. The number of nitrogens with zero attached hydrogens (tertiary/aromatic N) is 13. The summed E-state index contributed by atoms with van der Waals surface area (Å²) in [5.41, 5.74) is 67.1. The van der Waals surface area contributed by atoms with Crippen molar-refractivity contribution in [3.63, 3.8) is 0 Å². The Bertz CT molecular complexity index is 6230. The van der Waals surface area contributed by atoms with Gasteiger partial charge < -0.3 is 45.5 Å². The molecule has 15 aromatic rings. The van der Waals surface area contributed by atoms with E-state index in [1.54, 1.807) is 6.20 Å². The zero-order valence-electron chi connectivity index (χ0n) is 71.9. The molecule has 0 saturated carbocycles. The lowest BCUT2D eigenvalue weighted by Crippen LogP contribution is -2.22. The molecule has 0 saturated heterocycles. The van der Waals surface area contributed by atoms with Crippen LogP contribution in [0.3, 0.4) is 0 Å². The van der Waals surface area contributed by atoms with Crippen LogP contribution in [0.25, 0.3) is 111 Å². The minimum atomic E-state index is 0.0685. The molecule has 121 heavy (non-hydrogen) atoms. The summed E-state index contributed by atoms with van der Waals surface area (Å²) >= 11 is 0. The van der Waals surface area contributed by atoms with Crippen LogP contribution >= 0.6 is 0 Å². The zero-order chi connectivity index (χ0) is 86.8. The molecule has 22 heteroatoms. The lowest BCUT2D eigenvalue weighted by Gasteiger charge is -2.19. The molecule has 0 aliphatic heterocycles. The highest BCUT2D eigenvalue weighted by Crippen LogP contribution is 2.34. The number of nitrogens with two attached hydrogens (primary N) is 7. The van der Waals surface area contributed by atoms with Gasteiger partial charge in [0, 0.05) is 57.5 Å². The summed E-state index contributed by atoms with van der Waals surface area (Å²) in [6.07, 6.45) is 9.63. The maximum atomic E-state index is 7.34. The molecular weight excluding hydrogens is 1500 g/mol. The highest BCUT2D eigenvalue weighted by molar-refractivity contribution is 5.87. The van der Waals surface area contributed by atoms with E-state index < -0.39 is 0 Å². The Morgan fingerprint density at radius 1 is 0.347 bits per heavy atom. The van der Waals surface area contributed by atoms with Crippen molar-refractivity contribution in [1.29, 1.82) is 5.41 Å². The van der Waals surface area contributed by atoms with Gasteiger partial charge in [-0.05, 0) is 136 Å². The molecule has 0 aliphatic carbocycles. The van der Waals surface area contributed by atoms with Crippen LogP contribution in [0.2, 0.25) is 0 Å². The van der Waals surface area contributed by atoms with Gasteiger partial charge in [-0.3, -0.25) is 25.3 Å². The summed E-state index contributed by atoms with van der Waals surface area (Å²) in [5.74, 6) is 1.28. The van der Waals surface area contributed by atoms with Crippen molar-refractivity contribution < 1.29 is 0 Å². The summed E-state index contributed by atoms with van der Waals surface area (Å²) in [7, 11) is 0. The lowest BCUT2D eigenvalue weighted by molar-refractivity contribution is 0.590. The van der Waals surface area contributed by atoms with Crippen molar-refractivity contribution in [1.82, 2.24) is 49.8 Å². The first kappa shape index (κ1) is 87.8. The standard InChI is InChI=1S/C21H24N4.3C20H23N5.C18H19N3/c1-21(2,3)16-6-4-5-15(12-16)19-13-24-18-11-14(8-10-20(22)23)7-9-17(18)25-19;1-20(2,3)15-8-4-6-13(10-15)17-12-23-18-14(11-24-19(21)22)7-5-9-16(18)25-17;1-20(2,3)15-8-4-6-13(10-15)17-12-23-16-9-5-7-14(18(16)25-17)11-24-19(21)22;1-20(2,3)15-9-7-13(8-10-15)17-12-23-18-14(11-24-19(21)22)5-4-6-16(18)25-17;1-3-11-19-18-17(14-8-6-7-13(2)12-14)20-15-9-4-5-10-16(15)21-18/h4-7,9,11-13H,8,10H2,1-3H3,(H3,22,23);3*4-10,12H,11H2,1-3H3,(H4,21,22,24);4-10,12H,3,11H2,1-2H3,(H,19,21). The highest BCUT2D eigenvalue weighted by Gasteiger charge is 2.21. The Kier molecular flexibility index (Phi) is 28.3. The first-order valence-electron chi connectivity index (χ1n) is 40.6. The van der Waals surface area contributed by atoms with Crippen LogP contribution in [-0.2, 0) is 47.7 Å². The van der Waals surface area contributed by atoms with Crippen molar-refractivity contribution in [2.75, 3.05) is 11.9 Å². The van der Waals surface area contributed by atoms with Crippen molar-refractivity contribution >= 4 is 84.7 Å². The van der Waals surface area contributed by atoms with E-state index >= 15 is 0 Å². The third-order valence-corrected chi connectivity index (χ3v) is 20.1. The number of aryl methyl sites for hydroxylation is 2. The molecule has 0 atom stereocenters. The van der Waals surface area contributed by atoms with E-state index in [2.05, 4.69) is 258 Å². The Morgan fingerprint density at radius 2 is 0.744 bits per heavy atom. The van der Waals surface area contributed by atoms with E-state index in [1.165, 1.54) is 27.8 Å². The van der Waals surface area contributed by atoms with E-state index in [1.807, 2.05) is 116 Å². The second-order valence-corrected chi connectivity index (χ2v) is 34.0. The number of rotatable bonds is 17. The van der Waals surface area contributed by atoms with Crippen LogP contribution in [-0.4, -0.2) is 80.1 Å². The van der Waals surface area contributed by atoms with Gasteiger partial charge in [-0.15, -0.1) is 0 Å². The normalized spacial score (nSPS) is 11.4. The molecule has 0 fully saturated rings. The van der Waals surface area contributed by atoms with Crippen LogP contribution in [0.5, 0.6) is 0 Å². The minimum Gasteiger partial charge on any atom is -0.388 e. The molecule has 618 valence electrons. The van der Waals surface area contributed by atoms with E-state index in [4.69, 9.17) is 75.4 Å². The smallest absolute Gasteiger partial charge is 0.186 e. The number of amidine groups is 1. The van der Waals surface area contributed by atoms with E-state index in [0.29, 0.717) is 26.1 Å². The maximum Gasteiger partial charge on any atom is 0.186 e. The predicted octanol–water partition coefficient (Wildman–Crippen LogP) is 19.0. The number of benzene rings is 10. The fourth-order valence-electron chi connectivity index (χ4n) is 13.2.